The van der Waals surface area contributed by atoms with Crippen molar-refractivity contribution < 1.29 is 4.79 Å². The monoisotopic (exact) mass is 472 g/mol. The Balaban J connectivity index is 1.37. The third kappa shape index (κ3) is 4.89. The van der Waals surface area contributed by atoms with Crippen LogP contribution >= 0.6 is 11.3 Å². The van der Waals surface area contributed by atoms with E-state index in [1.165, 1.54) is 4.88 Å². The molecule has 1 amide bonds. The lowest BCUT2D eigenvalue weighted by Crippen LogP contribution is -2.46. The van der Waals surface area contributed by atoms with Crippen LogP contribution in [0.3, 0.4) is 0 Å². The predicted molar refractivity (Wildman–Crippen MR) is 138 cm³/mol. The number of thiophene rings is 1. The number of carbonyl (C=O) groups is 1. The van der Waals surface area contributed by atoms with Gasteiger partial charge in [0.25, 0.3) is 5.56 Å². The Hall–Kier alpha value is -3.45. The number of rotatable bonds is 7. The van der Waals surface area contributed by atoms with Crippen LogP contribution < -0.4 is 15.8 Å². The van der Waals surface area contributed by atoms with Crippen LogP contribution in [0.5, 0.6) is 0 Å². The molecule has 1 N–H and O–H groups in total. The fourth-order valence-corrected chi connectivity index (χ4v) is 5.31. The number of hydrogen-bond acceptors (Lipinski definition) is 5. The zero-order chi connectivity index (χ0) is 23.3. The molecule has 2 aromatic heterocycles. The van der Waals surface area contributed by atoms with E-state index >= 15 is 0 Å². The van der Waals surface area contributed by atoms with Crippen molar-refractivity contribution in [2.45, 2.75) is 25.8 Å². The zero-order valence-corrected chi connectivity index (χ0v) is 19.8. The Kier molecular flexibility index (Phi) is 6.72. The highest BCUT2D eigenvalue weighted by Crippen LogP contribution is 2.22. The van der Waals surface area contributed by atoms with E-state index in [0.29, 0.717) is 25.5 Å². The van der Waals surface area contributed by atoms with E-state index in [2.05, 4.69) is 16.8 Å². The summed E-state index contributed by atoms with van der Waals surface area (Å²) in [6, 6.07) is 21.9. The third-order valence-electron chi connectivity index (χ3n) is 6.36. The van der Waals surface area contributed by atoms with Crippen molar-refractivity contribution in [1.82, 2.24) is 14.9 Å². The second kappa shape index (κ2) is 10.2. The Labute approximate surface area is 202 Å². The van der Waals surface area contributed by atoms with Gasteiger partial charge in [-0.25, -0.2) is 4.98 Å². The van der Waals surface area contributed by atoms with Gasteiger partial charge in [0, 0.05) is 24.5 Å². The van der Waals surface area contributed by atoms with Gasteiger partial charge in [-0.3, -0.25) is 14.2 Å². The van der Waals surface area contributed by atoms with Crippen LogP contribution in [0.1, 0.15) is 23.3 Å². The highest BCUT2D eigenvalue weighted by Gasteiger charge is 2.28. The summed E-state index contributed by atoms with van der Waals surface area (Å²) in [4.78, 5) is 34.5. The normalized spacial score (nSPS) is 16.0. The number of anilines is 1. The first kappa shape index (κ1) is 22.3. The number of para-hydroxylation sites is 2. The smallest absolute Gasteiger partial charge is 0.294 e. The van der Waals surface area contributed by atoms with Gasteiger partial charge in [0.15, 0.2) is 5.82 Å². The van der Waals surface area contributed by atoms with Gasteiger partial charge in [0.05, 0.1) is 23.5 Å². The van der Waals surface area contributed by atoms with Gasteiger partial charge >= 0.3 is 0 Å². The second-order valence-corrected chi connectivity index (χ2v) is 9.74. The van der Waals surface area contributed by atoms with Crippen LogP contribution in [0.25, 0.3) is 11.0 Å². The first-order chi connectivity index (χ1) is 16.7. The van der Waals surface area contributed by atoms with Crippen molar-refractivity contribution in [2.24, 2.45) is 5.92 Å². The fraction of sp³-hybridized carbons (Fsp3) is 0.296. The Morgan fingerprint density at radius 3 is 2.71 bits per heavy atom. The topological polar surface area (TPSA) is 67.2 Å². The molecule has 6 nitrogen and oxygen atoms in total. The van der Waals surface area contributed by atoms with Crippen LogP contribution in [0, 0.1) is 5.92 Å². The van der Waals surface area contributed by atoms with E-state index in [-0.39, 0.29) is 17.4 Å². The molecule has 174 valence electrons. The molecule has 7 heteroatoms. The summed E-state index contributed by atoms with van der Waals surface area (Å²) in [7, 11) is 0. The molecule has 0 spiro atoms. The maximum absolute atomic E-state index is 13.6. The molecule has 1 unspecified atom stereocenters. The first-order valence-electron chi connectivity index (χ1n) is 11.8. The van der Waals surface area contributed by atoms with Crippen molar-refractivity contribution in [3.63, 3.8) is 0 Å². The molecular formula is C27H28N4O2S. The van der Waals surface area contributed by atoms with Crippen LogP contribution in [0.2, 0.25) is 0 Å². The second-order valence-electron chi connectivity index (χ2n) is 8.71. The van der Waals surface area contributed by atoms with Crippen LogP contribution in [-0.4, -0.2) is 35.1 Å². The maximum Gasteiger partial charge on any atom is 0.294 e. The average molecular weight is 473 g/mol. The lowest BCUT2D eigenvalue weighted by atomic mass is 9.97. The van der Waals surface area contributed by atoms with Gasteiger partial charge in [-0.1, -0.05) is 48.5 Å². The van der Waals surface area contributed by atoms with Gasteiger partial charge < -0.3 is 10.2 Å². The molecule has 1 aliphatic rings. The molecule has 1 atom stereocenters. The van der Waals surface area contributed by atoms with Gasteiger partial charge in [-0.2, -0.15) is 0 Å². The molecular weight excluding hydrogens is 444 g/mol. The summed E-state index contributed by atoms with van der Waals surface area (Å²) in [6.45, 7) is 2.35. The number of amides is 1. The van der Waals surface area contributed by atoms with Gasteiger partial charge in [0.1, 0.15) is 0 Å². The number of nitrogens with zero attached hydrogens (tertiary/aromatic N) is 3. The summed E-state index contributed by atoms with van der Waals surface area (Å²) in [6.07, 6.45) is 2.53. The highest BCUT2D eigenvalue weighted by molar-refractivity contribution is 7.09. The molecule has 3 heterocycles. The molecule has 0 aliphatic carbocycles. The number of fused-ring (bicyclic) bond motifs is 1. The zero-order valence-electron chi connectivity index (χ0n) is 19.0. The number of hydrogen-bond donors (Lipinski definition) is 1. The summed E-state index contributed by atoms with van der Waals surface area (Å²) >= 11 is 1.71. The van der Waals surface area contributed by atoms with Crippen LogP contribution in [0.15, 0.2) is 76.9 Å². The van der Waals surface area contributed by atoms with Crippen molar-refractivity contribution in [1.29, 1.82) is 0 Å². The van der Waals surface area contributed by atoms with Gasteiger partial charge in [-0.15, -0.1) is 11.3 Å². The van der Waals surface area contributed by atoms with Crippen molar-refractivity contribution in [2.75, 3.05) is 24.5 Å². The minimum Gasteiger partial charge on any atom is -0.355 e. The average Bonchev–Trinajstić information content (AvgIpc) is 3.40. The number of nitrogens with one attached hydrogen (secondary N) is 1. The standard InChI is InChI=1S/C27H28N4O2S/c32-26(28-15-14-22-11-7-17-34-22)21-10-6-16-30(19-21)25-27(33)31(18-20-8-2-1-3-9-20)24-13-5-4-12-23(24)29-25/h1-5,7-9,11-13,17,21H,6,10,14-16,18-19H2,(H,28,32). The predicted octanol–water partition coefficient (Wildman–Crippen LogP) is 4.08. The highest BCUT2D eigenvalue weighted by atomic mass is 32.1. The minimum atomic E-state index is -0.146. The molecule has 0 bridgehead atoms. The lowest BCUT2D eigenvalue weighted by molar-refractivity contribution is -0.125. The van der Waals surface area contributed by atoms with Crippen molar-refractivity contribution in [3.05, 3.63) is 92.9 Å². The lowest BCUT2D eigenvalue weighted by Gasteiger charge is -2.32. The van der Waals surface area contributed by atoms with E-state index < -0.39 is 0 Å². The fourth-order valence-electron chi connectivity index (χ4n) is 4.60. The Bertz CT molecular complexity index is 1320. The number of piperidine rings is 1. The molecule has 5 rings (SSSR count). The van der Waals surface area contributed by atoms with Crippen LogP contribution in [-0.2, 0) is 17.8 Å². The number of benzene rings is 2. The molecule has 0 radical (unpaired) electrons. The first-order valence-corrected chi connectivity index (χ1v) is 12.7. The Morgan fingerprint density at radius 1 is 1.06 bits per heavy atom. The molecule has 4 aromatic rings. The van der Waals surface area contributed by atoms with E-state index in [1.807, 2.05) is 65.6 Å². The molecule has 2 aromatic carbocycles. The third-order valence-corrected chi connectivity index (χ3v) is 7.30. The van der Waals surface area contributed by atoms with Crippen molar-refractivity contribution >= 4 is 34.1 Å². The quantitative estimate of drug-likeness (QED) is 0.440. The molecule has 1 aliphatic heterocycles. The molecule has 34 heavy (non-hydrogen) atoms. The molecule has 1 saturated heterocycles. The van der Waals surface area contributed by atoms with E-state index in [9.17, 15) is 9.59 Å². The summed E-state index contributed by atoms with van der Waals surface area (Å²) < 4.78 is 1.80. The largest absolute Gasteiger partial charge is 0.355 e. The van der Waals surface area contributed by atoms with Crippen molar-refractivity contribution in [3.8, 4) is 0 Å². The summed E-state index contributed by atoms with van der Waals surface area (Å²) in [5, 5.41) is 5.14. The van der Waals surface area contributed by atoms with Crippen LogP contribution in [0.4, 0.5) is 5.82 Å². The minimum absolute atomic E-state index is 0.0617. The Morgan fingerprint density at radius 2 is 1.88 bits per heavy atom. The maximum atomic E-state index is 13.6. The summed E-state index contributed by atoms with van der Waals surface area (Å²) in [5.74, 6) is 0.352. The SMILES string of the molecule is O=C(NCCc1cccs1)C1CCCN(c2nc3ccccc3n(Cc3ccccc3)c2=O)C1. The van der Waals surface area contributed by atoms with E-state index in [0.717, 1.165) is 42.4 Å². The molecule has 1 fully saturated rings. The number of carbonyl (C=O) groups excluding carboxylic acids is 1. The van der Waals surface area contributed by atoms with Gasteiger partial charge in [0.2, 0.25) is 5.91 Å². The summed E-state index contributed by atoms with van der Waals surface area (Å²) in [5.41, 5.74) is 2.56. The molecule has 0 saturated carbocycles. The number of aromatic nitrogens is 2. The van der Waals surface area contributed by atoms with E-state index in [1.54, 1.807) is 15.9 Å². The van der Waals surface area contributed by atoms with E-state index in [4.69, 9.17) is 4.98 Å². The van der Waals surface area contributed by atoms with Gasteiger partial charge in [-0.05, 0) is 48.4 Å².